The molecule has 0 aliphatic heterocycles. The first-order chi connectivity index (χ1) is 10.3. The molecule has 0 aliphatic rings. The molecular weight excluding hydrogens is 275 g/mol. The normalized spacial score (nSPS) is 10.8. The summed E-state index contributed by atoms with van der Waals surface area (Å²) in [6.07, 6.45) is 0. The molecule has 3 aromatic rings. The topological polar surface area (TPSA) is 20.2 Å². The minimum Gasteiger partial charge on any atom is -0.507 e. The number of aryl methyl sites for hydroxylation is 1. The molecule has 0 unspecified atom stereocenters. The average molecular weight is 292 g/mol. The van der Waals surface area contributed by atoms with Crippen molar-refractivity contribution in [3.05, 3.63) is 84.4 Å². The van der Waals surface area contributed by atoms with Crippen molar-refractivity contribution in [2.24, 2.45) is 0 Å². The van der Waals surface area contributed by atoms with Crippen molar-refractivity contribution in [1.29, 1.82) is 0 Å². The first kappa shape index (κ1) is 13.9. The highest BCUT2D eigenvalue weighted by atomic mass is 31.1. The lowest BCUT2D eigenvalue weighted by Crippen LogP contribution is -2.22. The Bertz CT molecular complexity index is 663. The zero-order chi connectivity index (χ0) is 14.7. The Labute approximate surface area is 126 Å². The Morgan fingerprint density at radius 3 is 1.67 bits per heavy atom. The predicted molar refractivity (Wildman–Crippen MR) is 91.5 cm³/mol. The Morgan fingerprint density at radius 1 is 0.667 bits per heavy atom. The number of hydrogen-bond acceptors (Lipinski definition) is 1. The first-order valence-electron chi connectivity index (χ1n) is 6.96. The number of rotatable bonds is 3. The fourth-order valence-corrected chi connectivity index (χ4v) is 4.98. The maximum absolute atomic E-state index is 10.4. The Morgan fingerprint density at radius 2 is 1.19 bits per heavy atom. The molecule has 1 nitrogen and oxygen atoms in total. The molecule has 104 valence electrons. The second-order valence-corrected chi connectivity index (χ2v) is 7.10. The van der Waals surface area contributed by atoms with Gasteiger partial charge in [-0.3, -0.25) is 0 Å². The first-order valence-corrected chi connectivity index (χ1v) is 8.30. The number of phenolic OH excluding ortho intramolecular Hbond substituents is 1. The van der Waals surface area contributed by atoms with E-state index in [1.54, 1.807) is 6.07 Å². The van der Waals surface area contributed by atoms with Crippen LogP contribution >= 0.6 is 7.92 Å². The Hall–Kier alpha value is -2.11. The summed E-state index contributed by atoms with van der Waals surface area (Å²) in [6.45, 7) is 2.07. The minimum absolute atomic E-state index is 0.383. The van der Waals surface area contributed by atoms with E-state index in [9.17, 15) is 5.11 Å². The van der Waals surface area contributed by atoms with Crippen LogP contribution in [-0.4, -0.2) is 5.11 Å². The van der Waals surface area contributed by atoms with E-state index in [2.05, 4.69) is 61.5 Å². The van der Waals surface area contributed by atoms with Gasteiger partial charge < -0.3 is 5.11 Å². The maximum Gasteiger partial charge on any atom is 0.124 e. The molecule has 0 bridgehead atoms. The molecule has 0 spiro atoms. The number of aromatic hydroxyl groups is 1. The van der Waals surface area contributed by atoms with Gasteiger partial charge in [0.1, 0.15) is 5.75 Å². The van der Waals surface area contributed by atoms with Crippen LogP contribution in [-0.2, 0) is 0 Å². The summed E-state index contributed by atoms with van der Waals surface area (Å²) in [5.41, 5.74) is 1.13. The molecule has 3 aromatic carbocycles. The van der Waals surface area contributed by atoms with Gasteiger partial charge in [0.25, 0.3) is 0 Å². The predicted octanol–water partition coefficient (Wildman–Crippen LogP) is 3.46. The SMILES string of the molecule is Cc1cccc(O)c1P(c1ccccc1)c1ccccc1. The van der Waals surface area contributed by atoms with Crippen LogP contribution in [0.3, 0.4) is 0 Å². The van der Waals surface area contributed by atoms with Gasteiger partial charge in [-0.15, -0.1) is 0 Å². The lowest BCUT2D eigenvalue weighted by atomic mass is 10.2. The van der Waals surface area contributed by atoms with Crippen molar-refractivity contribution in [1.82, 2.24) is 0 Å². The molecule has 3 rings (SSSR count). The zero-order valence-electron chi connectivity index (χ0n) is 11.9. The molecule has 0 saturated carbocycles. The van der Waals surface area contributed by atoms with E-state index in [1.807, 2.05) is 18.2 Å². The summed E-state index contributed by atoms with van der Waals surface area (Å²) >= 11 is 0. The smallest absolute Gasteiger partial charge is 0.124 e. The second-order valence-electron chi connectivity index (χ2n) is 4.95. The highest BCUT2D eigenvalue weighted by molar-refractivity contribution is 7.80. The zero-order valence-corrected chi connectivity index (χ0v) is 12.8. The third-order valence-corrected chi connectivity index (χ3v) is 6.13. The van der Waals surface area contributed by atoms with Gasteiger partial charge in [0.15, 0.2) is 0 Å². The molecule has 0 saturated heterocycles. The van der Waals surface area contributed by atoms with E-state index >= 15 is 0 Å². The quantitative estimate of drug-likeness (QED) is 0.733. The highest BCUT2D eigenvalue weighted by Crippen LogP contribution is 2.37. The van der Waals surface area contributed by atoms with E-state index in [0.29, 0.717) is 5.75 Å². The molecule has 0 aromatic heterocycles. The van der Waals surface area contributed by atoms with E-state index < -0.39 is 7.92 Å². The second kappa shape index (κ2) is 6.11. The van der Waals surface area contributed by atoms with Gasteiger partial charge in [0, 0.05) is 5.30 Å². The van der Waals surface area contributed by atoms with Gasteiger partial charge in [-0.2, -0.15) is 0 Å². The third-order valence-electron chi connectivity index (χ3n) is 3.47. The monoisotopic (exact) mass is 292 g/mol. The summed E-state index contributed by atoms with van der Waals surface area (Å²) in [5, 5.41) is 14.0. The van der Waals surface area contributed by atoms with Crippen molar-refractivity contribution in [2.75, 3.05) is 0 Å². The van der Waals surface area contributed by atoms with E-state index in [0.717, 1.165) is 10.9 Å². The van der Waals surface area contributed by atoms with Crippen molar-refractivity contribution in [3.8, 4) is 5.75 Å². The number of phenols is 1. The number of hydrogen-bond donors (Lipinski definition) is 1. The largest absolute Gasteiger partial charge is 0.507 e. The van der Waals surface area contributed by atoms with Crippen LogP contribution in [0.4, 0.5) is 0 Å². The molecule has 0 aliphatic carbocycles. The highest BCUT2D eigenvalue weighted by Gasteiger charge is 2.20. The van der Waals surface area contributed by atoms with Crippen molar-refractivity contribution < 1.29 is 5.11 Å². The summed E-state index contributed by atoms with van der Waals surface area (Å²) in [4.78, 5) is 0. The number of benzene rings is 3. The van der Waals surface area contributed by atoms with Crippen molar-refractivity contribution in [2.45, 2.75) is 6.92 Å². The van der Waals surface area contributed by atoms with Gasteiger partial charge >= 0.3 is 0 Å². The molecule has 2 heteroatoms. The van der Waals surface area contributed by atoms with Crippen LogP contribution in [0.5, 0.6) is 5.75 Å². The van der Waals surface area contributed by atoms with Crippen molar-refractivity contribution in [3.63, 3.8) is 0 Å². The molecule has 0 radical (unpaired) electrons. The van der Waals surface area contributed by atoms with Gasteiger partial charge in [-0.25, -0.2) is 0 Å². The van der Waals surface area contributed by atoms with Crippen LogP contribution in [0.15, 0.2) is 78.9 Å². The van der Waals surface area contributed by atoms with Crippen LogP contribution < -0.4 is 15.9 Å². The molecule has 21 heavy (non-hydrogen) atoms. The fourth-order valence-electron chi connectivity index (χ4n) is 2.50. The van der Waals surface area contributed by atoms with Gasteiger partial charge in [0.2, 0.25) is 0 Å². The van der Waals surface area contributed by atoms with Crippen LogP contribution in [0.25, 0.3) is 0 Å². The van der Waals surface area contributed by atoms with Gasteiger partial charge in [0.05, 0.1) is 0 Å². The fraction of sp³-hybridized carbons (Fsp3) is 0.0526. The van der Waals surface area contributed by atoms with E-state index in [-0.39, 0.29) is 0 Å². The maximum atomic E-state index is 10.4. The molecule has 0 atom stereocenters. The van der Waals surface area contributed by atoms with Crippen LogP contribution in [0, 0.1) is 6.92 Å². The van der Waals surface area contributed by atoms with Gasteiger partial charge in [-0.05, 0) is 37.1 Å². The van der Waals surface area contributed by atoms with Crippen LogP contribution in [0.2, 0.25) is 0 Å². The summed E-state index contributed by atoms with van der Waals surface area (Å²) in [6, 6.07) is 26.6. The average Bonchev–Trinajstić information content (AvgIpc) is 2.53. The van der Waals surface area contributed by atoms with E-state index in [1.165, 1.54) is 10.6 Å². The molecule has 0 heterocycles. The minimum atomic E-state index is -0.738. The molecular formula is C19H17OP. The lowest BCUT2D eigenvalue weighted by Gasteiger charge is -2.22. The Balaban J connectivity index is 2.23. The molecule has 0 amide bonds. The lowest BCUT2D eigenvalue weighted by molar-refractivity contribution is 0.479. The summed E-state index contributed by atoms with van der Waals surface area (Å²) in [7, 11) is -0.738. The molecule has 0 fully saturated rings. The third kappa shape index (κ3) is 2.84. The van der Waals surface area contributed by atoms with Crippen molar-refractivity contribution >= 4 is 23.8 Å². The van der Waals surface area contributed by atoms with Gasteiger partial charge in [-0.1, -0.05) is 72.8 Å². The summed E-state index contributed by atoms with van der Waals surface area (Å²) in [5.74, 6) is 0.383. The summed E-state index contributed by atoms with van der Waals surface area (Å²) < 4.78 is 0. The standard InChI is InChI=1S/C19H17OP/c1-15-9-8-14-18(20)19(15)21(16-10-4-2-5-11-16)17-12-6-3-7-13-17/h2-14,20H,1H3. The Kier molecular flexibility index (Phi) is 4.03. The molecule has 1 N–H and O–H groups in total. The van der Waals surface area contributed by atoms with Crippen LogP contribution in [0.1, 0.15) is 5.56 Å². The van der Waals surface area contributed by atoms with E-state index in [4.69, 9.17) is 0 Å².